The molecule has 22 heavy (non-hydrogen) atoms. The van der Waals surface area contributed by atoms with Crippen molar-refractivity contribution in [1.82, 2.24) is 9.97 Å². The van der Waals surface area contributed by atoms with E-state index >= 15 is 0 Å². The monoisotopic (exact) mass is 317 g/mol. The van der Waals surface area contributed by atoms with Crippen LogP contribution >= 0.6 is 11.6 Å². The molecule has 2 heterocycles. The molecule has 0 radical (unpaired) electrons. The lowest BCUT2D eigenvalue weighted by atomic mass is 9.69. The number of nitrogens with two attached hydrogens (primary N) is 1. The van der Waals surface area contributed by atoms with Gasteiger partial charge < -0.3 is 10.5 Å². The first-order chi connectivity index (χ1) is 10.6. The van der Waals surface area contributed by atoms with Gasteiger partial charge in [0.05, 0.1) is 5.39 Å². The Bertz CT molecular complexity index is 723. The van der Waals surface area contributed by atoms with Crippen molar-refractivity contribution in [2.75, 3.05) is 0 Å². The number of ether oxygens (including phenoxy) is 1. The molecule has 2 aromatic heterocycles. The number of nitrogens with zero attached hydrogens (tertiary/aromatic N) is 2. The fourth-order valence-electron chi connectivity index (χ4n) is 3.18. The molecule has 0 bridgehead atoms. The van der Waals surface area contributed by atoms with Crippen molar-refractivity contribution in [3.8, 4) is 5.88 Å². The fraction of sp³-hybridized carbons (Fsp3) is 0.529. The van der Waals surface area contributed by atoms with Crippen LogP contribution in [0.25, 0.3) is 10.8 Å². The summed E-state index contributed by atoms with van der Waals surface area (Å²) in [6.07, 6.45) is 9.73. The van der Waals surface area contributed by atoms with E-state index in [1.54, 1.807) is 6.20 Å². The van der Waals surface area contributed by atoms with Crippen molar-refractivity contribution in [2.45, 2.75) is 50.7 Å². The molecule has 1 atom stereocenters. The number of halogens is 1. The van der Waals surface area contributed by atoms with Crippen LogP contribution in [-0.2, 0) is 5.54 Å². The highest BCUT2D eigenvalue weighted by Gasteiger charge is 2.38. The second-order valence-electron chi connectivity index (χ2n) is 6.76. The third-order valence-electron chi connectivity index (χ3n) is 5.04. The van der Waals surface area contributed by atoms with Crippen LogP contribution in [0.1, 0.15) is 44.6 Å². The van der Waals surface area contributed by atoms with Crippen LogP contribution in [0.3, 0.4) is 0 Å². The quantitative estimate of drug-likeness (QED) is 0.871. The molecule has 2 saturated carbocycles. The van der Waals surface area contributed by atoms with Gasteiger partial charge in [-0.3, -0.25) is 0 Å². The Morgan fingerprint density at radius 3 is 2.59 bits per heavy atom. The van der Waals surface area contributed by atoms with E-state index < -0.39 is 5.54 Å². The van der Waals surface area contributed by atoms with Crippen molar-refractivity contribution in [3.05, 3.63) is 29.2 Å². The standard InChI is InChI=1S/C17H20ClN3O/c1-17(19,10-3-2-4-10)14-9-21-16(22-11-5-6-11)13-8-20-15(18)7-12(13)14/h7-11H,2-6,19H2,1H3/t17-/m0/s1. The molecule has 116 valence electrons. The van der Waals surface area contributed by atoms with Crippen LogP contribution in [0, 0.1) is 5.92 Å². The largest absolute Gasteiger partial charge is 0.474 e. The first-order valence-corrected chi connectivity index (χ1v) is 8.34. The average molecular weight is 318 g/mol. The van der Waals surface area contributed by atoms with Gasteiger partial charge in [0.1, 0.15) is 11.3 Å². The summed E-state index contributed by atoms with van der Waals surface area (Å²) in [5, 5.41) is 2.40. The summed E-state index contributed by atoms with van der Waals surface area (Å²) in [4.78, 5) is 8.74. The van der Waals surface area contributed by atoms with Crippen LogP contribution in [0.2, 0.25) is 5.15 Å². The summed E-state index contributed by atoms with van der Waals surface area (Å²) < 4.78 is 5.91. The molecule has 0 unspecified atom stereocenters. The van der Waals surface area contributed by atoms with Gasteiger partial charge in [0, 0.05) is 17.9 Å². The molecule has 2 N–H and O–H groups in total. The Balaban J connectivity index is 1.85. The highest BCUT2D eigenvalue weighted by Crippen LogP contribution is 2.43. The summed E-state index contributed by atoms with van der Waals surface area (Å²) in [5.74, 6) is 1.15. The molecule has 0 spiro atoms. The van der Waals surface area contributed by atoms with E-state index in [4.69, 9.17) is 22.1 Å². The maximum atomic E-state index is 6.68. The Morgan fingerprint density at radius 2 is 1.95 bits per heavy atom. The van der Waals surface area contributed by atoms with Crippen LogP contribution in [0.5, 0.6) is 5.88 Å². The number of pyridine rings is 2. The summed E-state index contributed by atoms with van der Waals surface area (Å²) in [6, 6.07) is 1.89. The first kappa shape index (κ1) is 14.2. The van der Waals surface area contributed by atoms with Crippen molar-refractivity contribution < 1.29 is 4.74 Å². The summed E-state index contributed by atoms with van der Waals surface area (Å²) in [7, 11) is 0. The number of hydrogen-bond acceptors (Lipinski definition) is 4. The minimum atomic E-state index is -0.397. The molecule has 0 saturated heterocycles. The zero-order valence-corrected chi connectivity index (χ0v) is 13.4. The van der Waals surface area contributed by atoms with Crippen LogP contribution in [-0.4, -0.2) is 16.1 Å². The molecular formula is C17H20ClN3O. The van der Waals surface area contributed by atoms with Crippen molar-refractivity contribution >= 4 is 22.4 Å². The lowest BCUT2D eigenvalue weighted by Gasteiger charge is -2.41. The lowest BCUT2D eigenvalue weighted by molar-refractivity contribution is 0.184. The number of hydrogen-bond donors (Lipinski definition) is 1. The molecule has 0 aliphatic heterocycles. The molecule has 0 aromatic carbocycles. The molecule has 2 aliphatic rings. The second-order valence-corrected chi connectivity index (χ2v) is 7.14. The van der Waals surface area contributed by atoms with Gasteiger partial charge in [-0.25, -0.2) is 9.97 Å². The Labute approximate surface area is 135 Å². The van der Waals surface area contributed by atoms with E-state index in [0.717, 1.165) is 29.2 Å². The Morgan fingerprint density at radius 1 is 1.18 bits per heavy atom. The zero-order valence-electron chi connectivity index (χ0n) is 12.7. The SMILES string of the molecule is C[C@@](N)(c1cnc(OC2CC2)c2cnc(Cl)cc12)C1CCC1. The zero-order chi connectivity index (χ0) is 15.3. The molecular weight excluding hydrogens is 298 g/mol. The predicted octanol–water partition coefficient (Wildman–Crippen LogP) is 3.80. The average Bonchev–Trinajstić information content (AvgIpc) is 3.19. The maximum absolute atomic E-state index is 6.68. The van der Waals surface area contributed by atoms with E-state index in [1.165, 1.54) is 19.3 Å². The van der Waals surface area contributed by atoms with Crippen LogP contribution in [0.4, 0.5) is 0 Å². The number of rotatable bonds is 4. The molecule has 4 rings (SSSR count). The molecule has 2 aromatic rings. The lowest BCUT2D eigenvalue weighted by Crippen LogP contribution is -2.44. The third kappa shape index (κ3) is 2.34. The van der Waals surface area contributed by atoms with Crippen molar-refractivity contribution in [3.63, 3.8) is 0 Å². The Hall–Kier alpha value is -1.39. The fourth-order valence-corrected chi connectivity index (χ4v) is 3.34. The van der Waals surface area contributed by atoms with Gasteiger partial charge in [0.25, 0.3) is 0 Å². The highest BCUT2D eigenvalue weighted by molar-refractivity contribution is 6.30. The topological polar surface area (TPSA) is 61.0 Å². The molecule has 4 nitrogen and oxygen atoms in total. The predicted molar refractivity (Wildman–Crippen MR) is 87.1 cm³/mol. The highest BCUT2D eigenvalue weighted by atomic mass is 35.5. The van der Waals surface area contributed by atoms with Gasteiger partial charge in [0.2, 0.25) is 5.88 Å². The van der Waals surface area contributed by atoms with E-state index in [-0.39, 0.29) is 0 Å². The normalized spacial score (nSPS) is 21.4. The van der Waals surface area contributed by atoms with Gasteiger partial charge in [-0.05, 0) is 55.5 Å². The molecule has 2 fully saturated rings. The summed E-state index contributed by atoms with van der Waals surface area (Å²) in [5.41, 5.74) is 7.32. The van der Waals surface area contributed by atoms with Crippen molar-refractivity contribution in [2.24, 2.45) is 11.7 Å². The van der Waals surface area contributed by atoms with E-state index in [1.807, 2.05) is 12.3 Å². The maximum Gasteiger partial charge on any atom is 0.223 e. The van der Waals surface area contributed by atoms with Crippen LogP contribution < -0.4 is 10.5 Å². The number of aromatic nitrogens is 2. The third-order valence-corrected chi connectivity index (χ3v) is 5.25. The summed E-state index contributed by atoms with van der Waals surface area (Å²) in [6.45, 7) is 2.10. The van der Waals surface area contributed by atoms with E-state index in [0.29, 0.717) is 23.1 Å². The van der Waals surface area contributed by atoms with Crippen LogP contribution in [0.15, 0.2) is 18.5 Å². The van der Waals surface area contributed by atoms with Crippen molar-refractivity contribution in [1.29, 1.82) is 0 Å². The smallest absolute Gasteiger partial charge is 0.223 e. The van der Waals surface area contributed by atoms with Gasteiger partial charge in [-0.2, -0.15) is 0 Å². The van der Waals surface area contributed by atoms with Gasteiger partial charge in [0.15, 0.2) is 0 Å². The second kappa shape index (κ2) is 5.07. The van der Waals surface area contributed by atoms with E-state index in [9.17, 15) is 0 Å². The minimum absolute atomic E-state index is 0.299. The summed E-state index contributed by atoms with van der Waals surface area (Å²) >= 11 is 6.13. The molecule has 2 aliphatic carbocycles. The van der Waals surface area contributed by atoms with E-state index in [2.05, 4.69) is 16.9 Å². The first-order valence-electron chi connectivity index (χ1n) is 7.96. The van der Waals surface area contributed by atoms with Gasteiger partial charge in [-0.1, -0.05) is 18.0 Å². The van der Waals surface area contributed by atoms with Gasteiger partial charge in [-0.15, -0.1) is 0 Å². The number of fused-ring (bicyclic) bond motifs is 1. The molecule has 0 amide bonds. The minimum Gasteiger partial charge on any atom is -0.474 e. The Kier molecular flexibility index (Phi) is 3.27. The van der Waals surface area contributed by atoms with Gasteiger partial charge >= 0.3 is 0 Å². The molecule has 5 heteroatoms.